The molecule has 0 radical (unpaired) electrons. The van der Waals surface area contributed by atoms with Gasteiger partial charge in [-0.25, -0.2) is 4.98 Å². The molecule has 7 nitrogen and oxygen atoms in total. The Hall–Kier alpha value is -2.61. The van der Waals surface area contributed by atoms with Gasteiger partial charge in [-0.1, -0.05) is 17.4 Å². The van der Waals surface area contributed by atoms with E-state index in [1.807, 2.05) is 19.2 Å². The standard InChI is InChI=1S/C18H21N5O2S/c1-22-11-12(10-19-22)17(24)20-13-6-8-23(9-7-13)18-21-16-14(25-2)4-3-5-15(16)26-18/h3-5,10-11,13H,6-9H2,1-2H3,(H,20,24). The third kappa shape index (κ3) is 3.24. The monoisotopic (exact) mass is 371 g/mol. The Bertz CT molecular complexity index is 927. The Morgan fingerprint density at radius 1 is 1.35 bits per heavy atom. The molecule has 1 aliphatic rings. The summed E-state index contributed by atoms with van der Waals surface area (Å²) < 4.78 is 8.17. The Balaban J connectivity index is 1.40. The molecule has 0 unspecified atom stereocenters. The van der Waals surface area contributed by atoms with E-state index in [1.54, 1.807) is 35.5 Å². The van der Waals surface area contributed by atoms with E-state index >= 15 is 0 Å². The lowest BCUT2D eigenvalue weighted by atomic mass is 10.1. The van der Waals surface area contributed by atoms with E-state index in [0.29, 0.717) is 5.56 Å². The average Bonchev–Trinajstić information content (AvgIpc) is 3.28. The van der Waals surface area contributed by atoms with Crippen LogP contribution in [0.25, 0.3) is 10.2 Å². The van der Waals surface area contributed by atoms with Gasteiger partial charge in [-0.3, -0.25) is 9.48 Å². The number of fused-ring (bicyclic) bond motifs is 1. The molecule has 0 aliphatic carbocycles. The summed E-state index contributed by atoms with van der Waals surface area (Å²) in [5.74, 6) is 0.755. The topological polar surface area (TPSA) is 72.3 Å². The van der Waals surface area contributed by atoms with Crippen LogP contribution in [-0.2, 0) is 7.05 Å². The molecule has 0 atom stereocenters. The normalized spacial score (nSPS) is 15.4. The molecule has 0 spiro atoms. The Kier molecular flexibility index (Phi) is 4.50. The quantitative estimate of drug-likeness (QED) is 0.763. The molecule has 0 bridgehead atoms. The number of piperidine rings is 1. The number of thiazole rings is 1. The van der Waals surface area contributed by atoms with E-state index in [9.17, 15) is 4.79 Å². The summed E-state index contributed by atoms with van der Waals surface area (Å²) in [5.41, 5.74) is 1.52. The lowest BCUT2D eigenvalue weighted by Crippen LogP contribution is -2.44. The molecule has 136 valence electrons. The number of carbonyl (C=O) groups excluding carboxylic acids is 1. The second-order valence-corrected chi connectivity index (χ2v) is 7.45. The molecular weight excluding hydrogens is 350 g/mol. The van der Waals surface area contributed by atoms with Gasteiger partial charge in [-0.2, -0.15) is 5.10 Å². The van der Waals surface area contributed by atoms with E-state index in [4.69, 9.17) is 9.72 Å². The number of nitrogens with one attached hydrogen (secondary N) is 1. The van der Waals surface area contributed by atoms with E-state index in [2.05, 4.69) is 21.4 Å². The summed E-state index contributed by atoms with van der Waals surface area (Å²) in [6.07, 6.45) is 5.13. The number of ether oxygens (including phenoxy) is 1. The zero-order valence-corrected chi connectivity index (χ0v) is 15.6. The Labute approximate surface area is 155 Å². The molecule has 0 saturated carbocycles. The smallest absolute Gasteiger partial charge is 0.254 e. The predicted molar refractivity (Wildman–Crippen MR) is 102 cm³/mol. The number of para-hydroxylation sites is 1. The molecule has 1 N–H and O–H groups in total. The number of hydrogen-bond donors (Lipinski definition) is 1. The Morgan fingerprint density at radius 3 is 2.85 bits per heavy atom. The van der Waals surface area contributed by atoms with Crippen LogP contribution in [0.1, 0.15) is 23.2 Å². The number of methoxy groups -OCH3 is 1. The Morgan fingerprint density at radius 2 is 2.15 bits per heavy atom. The third-order valence-corrected chi connectivity index (χ3v) is 5.74. The molecule has 3 aromatic rings. The minimum absolute atomic E-state index is 0.0544. The van der Waals surface area contributed by atoms with Crippen molar-refractivity contribution in [1.29, 1.82) is 0 Å². The maximum Gasteiger partial charge on any atom is 0.254 e. The molecule has 2 aromatic heterocycles. The number of aryl methyl sites for hydroxylation is 1. The number of carbonyl (C=O) groups is 1. The van der Waals surface area contributed by atoms with Crippen LogP contribution in [0.5, 0.6) is 5.75 Å². The van der Waals surface area contributed by atoms with Crippen molar-refractivity contribution >= 4 is 32.6 Å². The van der Waals surface area contributed by atoms with Crippen molar-refractivity contribution in [2.45, 2.75) is 18.9 Å². The van der Waals surface area contributed by atoms with E-state index < -0.39 is 0 Å². The SMILES string of the molecule is COc1cccc2sc(N3CCC(NC(=O)c4cnn(C)c4)CC3)nc12. The van der Waals surface area contributed by atoms with Gasteiger partial charge in [0.2, 0.25) is 0 Å². The summed E-state index contributed by atoms with van der Waals surface area (Å²) >= 11 is 1.68. The zero-order valence-electron chi connectivity index (χ0n) is 14.8. The van der Waals surface area contributed by atoms with Crippen molar-refractivity contribution in [3.05, 3.63) is 36.2 Å². The maximum atomic E-state index is 12.3. The lowest BCUT2D eigenvalue weighted by molar-refractivity contribution is 0.0931. The van der Waals surface area contributed by atoms with Gasteiger partial charge in [0.15, 0.2) is 5.13 Å². The molecular formula is C18H21N5O2S. The summed E-state index contributed by atoms with van der Waals surface area (Å²) in [6, 6.07) is 6.18. The first-order valence-corrected chi connectivity index (χ1v) is 9.43. The number of anilines is 1. The first-order chi connectivity index (χ1) is 12.6. The summed E-state index contributed by atoms with van der Waals surface area (Å²) in [7, 11) is 3.48. The van der Waals surface area contributed by atoms with Crippen LogP contribution < -0.4 is 15.0 Å². The molecule has 8 heteroatoms. The van der Waals surface area contributed by atoms with Crippen molar-refractivity contribution in [3.8, 4) is 5.75 Å². The van der Waals surface area contributed by atoms with Gasteiger partial charge in [0.05, 0.1) is 23.6 Å². The minimum atomic E-state index is -0.0544. The van der Waals surface area contributed by atoms with Crippen LogP contribution in [0, 0.1) is 0 Å². The zero-order chi connectivity index (χ0) is 18.1. The molecule has 1 fully saturated rings. The number of benzene rings is 1. The highest BCUT2D eigenvalue weighted by Crippen LogP contribution is 2.34. The summed E-state index contributed by atoms with van der Waals surface area (Å²) in [5, 5.41) is 8.17. The van der Waals surface area contributed by atoms with Gasteiger partial charge in [-0.05, 0) is 25.0 Å². The first-order valence-electron chi connectivity index (χ1n) is 8.62. The van der Waals surface area contributed by atoms with Crippen LogP contribution in [0.4, 0.5) is 5.13 Å². The van der Waals surface area contributed by atoms with Crippen LogP contribution in [0.2, 0.25) is 0 Å². The number of rotatable bonds is 4. The second-order valence-electron chi connectivity index (χ2n) is 6.44. The van der Waals surface area contributed by atoms with Crippen molar-refractivity contribution in [3.63, 3.8) is 0 Å². The van der Waals surface area contributed by atoms with Crippen LogP contribution in [-0.4, -0.2) is 46.9 Å². The predicted octanol–water partition coefficient (Wildman–Crippen LogP) is 2.44. The van der Waals surface area contributed by atoms with Crippen LogP contribution in [0.3, 0.4) is 0 Å². The van der Waals surface area contributed by atoms with Crippen molar-refractivity contribution < 1.29 is 9.53 Å². The van der Waals surface area contributed by atoms with Crippen LogP contribution in [0.15, 0.2) is 30.6 Å². The summed E-state index contributed by atoms with van der Waals surface area (Å²) in [6.45, 7) is 1.75. The molecule has 26 heavy (non-hydrogen) atoms. The van der Waals surface area contributed by atoms with Gasteiger partial charge in [0, 0.05) is 32.4 Å². The number of nitrogens with zero attached hydrogens (tertiary/aromatic N) is 4. The highest BCUT2D eigenvalue weighted by atomic mass is 32.1. The molecule has 4 rings (SSSR count). The molecule has 1 aromatic carbocycles. The fourth-order valence-electron chi connectivity index (χ4n) is 3.23. The van der Waals surface area contributed by atoms with Crippen molar-refractivity contribution in [2.75, 3.05) is 25.1 Å². The van der Waals surface area contributed by atoms with Gasteiger partial charge in [0.1, 0.15) is 11.3 Å². The van der Waals surface area contributed by atoms with Gasteiger partial charge in [-0.15, -0.1) is 0 Å². The van der Waals surface area contributed by atoms with Gasteiger partial charge in [0.25, 0.3) is 5.91 Å². The first kappa shape index (κ1) is 16.8. The van der Waals surface area contributed by atoms with Crippen molar-refractivity contribution in [1.82, 2.24) is 20.1 Å². The second kappa shape index (κ2) is 6.95. The van der Waals surface area contributed by atoms with Gasteiger partial charge >= 0.3 is 0 Å². The molecule has 1 amide bonds. The van der Waals surface area contributed by atoms with Gasteiger partial charge < -0.3 is 15.0 Å². The fourth-order valence-corrected chi connectivity index (χ4v) is 4.27. The van der Waals surface area contributed by atoms with Crippen LogP contribution >= 0.6 is 11.3 Å². The number of amides is 1. The molecule has 3 heterocycles. The number of hydrogen-bond acceptors (Lipinski definition) is 6. The lowest BCUT2D eigenvalue weighted by Gasteiger charge is -2.32. The number of aromatic nitrogens is 3. The summed E-state index contributed by atoms with van der Waals surface area (Å²) in [4.78, 5) is 19.3. The van der Waals surface area contributed by atoms with E-state index in [1.165, 1.54) is 0 Å². The average molecular weight is 371 g/mol. The molecule has 1 saturated heterocycles. The highest BCUT2D eigenvalue weighted by Gasteiger charge is 2.24. The maximum absolute atomic E-state index is 12.3. The van der Waals surface area contributed by atoms with Crippen molar-refractivity contribution in [2.24, 2.45) is 7.05 Å². The minimum Gasteiger partial charge on any atom is -0.494 e. The fraction of sp³-hybridized carbons (Fsp3) is 0.389. The van der Waals surface area contributed by atoms with E-state index in [0.717, 1.165) is 47.0 Å². The molecule has 1 aliphatic heterocycles. The largest absolute Gasteiger partial charge is 0.494 e. The third-order valence-electron chi connectivity index (χ3n) is 4.66. The van der Waals surface area contributed by atoms with E-state index in [-0.39, 0.29) is 11.9 Å². The highest BCUT2D eigenvalue weighted by molar-refractivity contribution is 7.22.